The average molecular weight is 278 g/mol. The molecule has 1 unspecified atom stereocenters. The number of halogens is 4. The molecule has 0 aromatic heterocycles. The van der Waals surface area contributed by atoms with E-state index in [4.69, 9.17) is 5.73 Å². The zero-order valence-corrected chi connectivity index (χ0v) is 10.9. The SMILES string of the molecule is CC(C)C(CN)NCc1ccc(F)c(C(F)(F)F)c1. The number of rotatable bonds is 5. The van der Waals surface area contributed by atoms with Crippen LogP contribution in [0.25, 0.3) is 0 Å². The van der Waals surface area contributed by atoms with Gasteiger partial charge in [-0.3, -0.25) is 0 Å². The first kappa shape index (κ1) is 15.9. The average Bonchev–Trinajstić information content (AvgIpc) is 2.30. The van der Waals surface area contributed by atoms with Crippen LogP contribution in [-0.4, -0.2) is 12.6 Å². The van der Waals surface area contributed by atoms with Crippen molar-refractivity contribution < 1.29 is 17.6 Å². The van der Waals surface area contributed by atoms with Gasteiger partial charge < -0.3 is 11.1 Å². The van der Waals surface area contributed by atoms with Crippen molar-refractivity contribution in [2.24, 2.45) is 11.7 Å². The molecule has 1 aromatic carbocycles. The highest BCUT2D eigenvalue weighted by Gasteiger charge is 2.34. The van der Waals surface area contributed by atoms with Gasteiger partial charge in [0.25, 0.3) is 0 Å². The van der Waals surface area contributed by atoms with Gasteiger partial charge in [-0.25, -0.2) is 4.39 Å². The fourth-order valence-electron chi connectivity index (χ4n) is 1.74. The van der Waals surface area contributed by atoms with Crippen molar-refractivity contribution >= 4 is 0 Å². The number of alkyl halides is 3. The lowest BCUT2D eigenvalue weighted by molar-refractivity contribution is -0.140. The first-order valence-electron chi connectivity index (χ1n) is 6.04. The van der Waals surface area contributed by atoms with Crippen LogP contribution in [0.15, 0.2) is 18.2 Å². The topological polar surface area (TPSA) is 38.0 Å². The van der Waals surface area contributed by atoms with E-state index < -0.39 is 17.6 Å². The number of hydrogen-bond donors (Lipinski definition) is 2. The van der Waals surface area contributed by atoms with Crippen LogP contribution in [0.3, 0.4) is 0 Å². The predicted molar refractivity (Wildman–Crippen MR) is 65.9 cm³/mol. The molecule has 0 aliphatic carbocycles. The summed E-state index contributed by atoms with van der Waals surface area (Å²) in [7, 11) is 0. The Labute approximate surface area is 110 Å². The Morgan fingerprint density at radius 1 is 1.26 bits per heavy atom. The Hall–Kier alpha value is -1.14. The molecule has 3 N–H and O–H groups in total. The maximum atomic E-state index is 13.1. The summed E-state index contributed by atoms with van der Waals surface area (Å²) in [4.78, 5) is 0. The van der Waals surface area contributed by atoms with Gasteiger partial charge in [0, 0.05) is 19.1 Å². The van der Waals surface area contributed by atoms with E-state index >= 15 is 0 Å². The standard InChI is InChI=1S/C13H18F4N2/c1-8(2)12(6-18)19-7-9-3-4-11(14)10(5-9)13(15,16)17/h3-5,8,12,19H,6-7,18H2,1-2H3. The lowest BCUT2D eigenvalue weighted by Crippen LogP contribution is -2.39. The molecule has 0 amide bonds. The summed E-state index contributed by atoms with van der Waals surface area (Å²) in [6.45, 7) is 4.56. The molecule has 0 spiro atoms. The van der Waals surface area contributed by atoms with Gasteiger partial charge in [0.1, 0.15) is 5.82 Å². The van der Waals surface area contributed by atoms with Gasteiger partial charge >= 0.3 is 6.18 Å². The van der Waals surface area contributed by atoms with Crippen LogP contribution in [-0.2, 0) is 12.7 Å². The van der Waals surface area contributed by atoms with Gasteiger partial charge in [0.2, 0.25) is 0 Å². The zero-order chi connectivity index (χ0) is 14.6. The van der Waals surface area contributed by atoms with Crippen molar-refractivity contribution in [1.82, 2.24) is 5.32 Å². The van der Waals surface area contributed by atoms with Crippen LogP contribution in [0.2, 0.25) is 0 Å². The molecule has 1 aromatic rings. The second kappa shape index (κ2) is 6.34. The number of nitrogens with two attached hydrogens (primary N) is 1. The van der Waals surface area contributed by atoms with E-state index in [1.807, 2.05) is 13.8 Å². The molecular formula is C13H18F4N2. The van der Waals surface area contributed by atoms with E-state index in [2.05, 4.69) is 5.32 Å². The molecule has 1 rings (SSSR count). The predicted octanol–water partition coefficient (Wildman–Crippen LogP) is 2.92. The molecule has 0 saturated heterocycles. The summed E-state index contributed by atoms with van der Waals surface area (Å²) < 4.78 is 50.7. The van der Waals surface area contributed by atoms with Gasteiger partial charge in [0.05, 0.1) is 5.56 Å². The second-order valence-electron chi connectivity index (χ2n) is 4.78. The fraction of sp³-hybridized carbons (Fsp3) is 0.538. The molecule has 0 radical (unpaired) electrons. The normalized spacial score (nSPS) is 13.9. The van der Waals surface area contributed by atoms with Crippen molar-refractivity contribution in [3.05, 3.63) is 35.1 Å². The summed E-state index contributed by atoms with van der Waals surface area (Å²) in [6.07, 6.45) is -4.68. The largest absolute Gasteiger partial charge is 0.419 e. The quantitative estimate of drug-likeness (QED) is 0.813. The minimum absolute atomic E-state index is 0.0133. The van der Waals surface area contributed by atoms with Crippen molar-refractivity contribution in [3.63, 3.8) is 0 Å². The maximum absolute atomic E-state index is 13.1. The number of benzene rings is 1. The summed E-state index contributed by atoms with van der Waals surface area (Å²) in [5, 5.41) is 3.07. The van der Waals surface area contributed by atoms with Crippen LogP contribution < -0.4 is 11.1 Å². The Kier molecular flexibility index (Phi) is 5.31. The molecule has 0 heterocycles. The Morgan fingerprint density at radius 2 is 1.89 bits per heavy atom. The van der Waals surface area contributed by atoms with Crippen LogP contribution in [0, 0.1) is 11.7 Å². The van der Waals surface area contributed by atoms with Crippen molar-refractivity contribution in [1.29, 1.82) is 0 Å². The Balaban J connectivity index is 2.81. The van der Waals surface area contributed by atoms with E-state index in [0.29, 0.717) is 12.1 Å². The van der Waals surface area contributed by atoms with Gasteiger partial charge in [-0.2, -0.15) is 13.2 Å². The van der Waals surface area contributed by atoms with E-state index in [1.54, 1.807) is 0 Å². The zero-order valence-electron chi connectivity index (χ0n) is 10.9. The first-order chi connectivity index (χ1) is 8.75. The number of nitrogens with one attached hydrogen (secondary N) is 1. The van der Waals surface area contributed by atoms with Gasteiger partial charge in [-0.1, -0.05) is 19.9 Å². The summed E-state index contributed by atoms with van der Waals surface area (Å²) in [5.41, 5.74) is 4.71. The molecule has 108 valence electrons. The first-order valence-corrected chi connectivity index (χ1v) is 6.04. The highest BCUT2D eigenvalue weighted by atomic mass is 19.4. The smallest absolute Gasteiger partial charge is 0.329 e. The van der Waals surface area contributed by atoms with Crippen molar-refractivity contribution in [3.8, 4) is 0 Å². The highest BCUT2D eigenvalue weighted by Crippen LogP contribution is 2.31. The molecule has 0 aliphatic rings. The van der Waals surface area contributed by atoms with E-state index in [9.17, 15) is 17.6 Å². The number of hydrogen-bond acceptors (Lipinski definition) is 2. The molecule has 0 bridgehead atoms. The monoisotopic (exact) mass is 278 g/mol. The molecular weight excluding hydrogens is 260 g/mol. The van der Waals surface area contributed by atoms with E-state index in [1.165, 1.54) is 6.07 Å². The lowest BCUT2D eigenvalue weighted by atomic mass is 10.0. The third kappa shape index (κ3) is 4.47. The maximum Gasteiger partial charge on any atom is 0.419 e. The van der Waals surface area contributed by atoms with E-state index in [-0.39, 0.29) is 18.5 Å². The Morgan fingerprint density at radius 3 is 2.37 bits per heavy atom. The third-order valence-corrected chi connectivity index (χ3v) is 2.96. The molecule has 0 saturated carbocycles. The van der Waals surface area contributed by atoms with Crippen molar-refractivity contribution in [2.75, 3.05) is 6.54 Å². The lowest BCUT2D eigenvalue weighted by Gasteiger charge is -2.21. The highest BCUT2D eigenvalue weighted by molar-refractivity contribution is 5.27. The summed E-state index contributed by atoms with van der Waals surface area (Å²) in [6, 6.07) is 3.02. The van der Waals surface area contributed by atoms with Gasteiger partial charge in [0.15, 0.2) is 0 Å². The minimum Gasteiger partial charge on any atom is -0.329 e. The van der Waals surface area contributed by atoms with Crippen LogP contribution in [0.5, 0.6) is 0 Å². The fourth-order valence-corrected chi connectivity index (χ4v) is 1.74. The van der Waals surface area contributed by atoms with Crippen LogP contribution in [0.4, 0.5) is 17.6 Å². The van der Waals surface area contributed by atoms with Crippen LogP contribution in [0.1, 0.15) is 25.0 Å². The molecule has 2 nitrogen and oxygen atoms in total. The Bertz CT molecular complexity index is 416. The summed E-state index contributed by atoms with van der Waals surface area (Å²) in [5.74, 6) is -0.983. The summed E-state index contributed by atoms with van der Waals surface area (Å²) >= 11 is 0. The minimum atomic E-state index is -4.68. The van der Waals surface area contributed by atoms with Crippen LogP contribution >= 0.6 is 0 Å². The molecule has 1 atom stereocenters. The second-order valence-corrected chi connectivity index (χ2v) is 4.78. The molecule has 19 heavy (non-hydrogen) atoms. The molecule has 6 heteroatoms. The van der Waals surface area contributed by atoms with Crippen molar-refractivity contribution in [2.45, 2.75) is 32.6 Å². The van der Waals surface area contributed by atoms with Gasteiger partial charge in [-0.05, 0) is 23.6 Å². The van der Waals surface area contributed by atoms with E-state index in [0.717, 1.165) is 12.1 Å². The molecule has 0 aliphatic heterocycles. The van der Waals surface area contributed by atoms with Gasteiger partial charge in [-0.15, -0.1) is 0 Å². The molecule has 0 fully saturated rings. The third-order valence-electron chi connectivity index (χ3n) is 2.96.